The van der Waals surface area contributed by atoms with Gasteiger partial charge in [0, 0.05) is 31.8 Å². The van der Waals surface area contributed by atoms with Gasteiger partial charge >= 0.3 is 5.97 Å². The third-order valence-electron chi connectivity index (χ3n) is 2.72. The molecule has 0 bridgehead atoms. The third kappa shape index (κ3) is 5.42. The number of aryl methyl sites for hydroxylation is 1. The molecule has 6 heteroatoms. The smallest absolute Gasteiger partial charge is 0.305 e. The second-order valence-electron chi connectivity index (χ2n) is 4.60. The maximum atomic E-state index is 11.1. The molecule has 0 atom stereocenters. The van der Waals surface area contributed by atoms with Crippen LogP contribution in [0.1, 0.15) is 31.9 Å². The van der Waals surface area contributed by atoms with Crippen LogP contribution < -0.4 is 9.64 Å². The Labute approximate surface area is 120 Å². The van der Waals surface area contributed by atoms with E-state index in [9.17, 15) is 4.79 Å². The van der Waals surface area contributed by atoms with Gasteiger partial charge in [-0.05, 0) is 19.8 Å². The van der Waals surface area contributed by atoms with Crippen LogP contribution in [0.2, 0.25) is 0 Å². The highest BCUT2D eigenvalue weighted by atomic mass is 16.5. The number of carbonyl (C=O) groups excluding carboxylic acids is 1. The van der Waals surface area contributed by atoms with Crippen LogP contribution in [0.4, 0.5) is 5.95 Å². The summed E-state index contributed by atoms with van der Waals surface area (Å²) >= 11 is 0. The molecule has 1 aromatic rings. The predicted molar refractivity (Wildman–Crippen MR) is 77.1 cm³/mol. The fraction of sp³-hybridized carbons (Fsp3) is 0.643. The van der Waals surface area contributed by atoms with Gasteiger partial charge < -0.3 is 14.4 Å². The summed E-state index contributed by atoms with van der Waals surface area (Å²) in [6.07, 6.45) is 2.03. The van der Waals surface area contributed by atoms with Crippen LogP contribution in [0.25, 0.3) is 0 Å². The van der Waals surface area contributed by atoms with E-state index >= 15 is 0 Å². The molecule has 0 amide bonds. The number of aromatic nitrogens is 2. The Hall–Kier alpha value is -1.85. The molecule has 0 aliphatic carbocycles. The van der Waals surface area contributed by atoms with Crippen molar-refractivity contribution in [2.24, 2.45) is 0 Å². The molecular formula is C14H23N3O3. The van der Waals surface area contributed by atoms with Crippen molar-refractivity contribution in [2.45, 2.75) is 33.1 Å². The zero-order valence-corrected chi connectivity index (χ0v) is 12.7. The molecule has 0 saturated carbocycles. The number of rotatable bonds is 8. The first-order chi connectivity index (χ1) is 9.56. The lowest BCUT2D eigenvalue weighted by Gasteiger charge is -2.17. The molecule has 0 aliphatic rings. The second kappa shape index (κ2) is 8.35. The largest absolute Gasteiger partial charge is 0.478 e. The fourth-order valence-electron chi connectivity index (χ4n) is 1.64. The lowest BCUT2D eigenvalue weighted by Crippen LogP contribution is -2.22. The van der Waals surface area contributed by atoms with Gasteiger partial charge in [-0.25, -0.2) is 4.98 Å². The van der Waals surface area contributed by atoms with Gasteiger partial charge in [0.15, 0.2) is 0 Å². The maximum absolute atomic E-state index is 11.1. The number of hydrogen-bond acceptors (Lipinski definition) is 6. The molecule has 0 radical (unpaired) electrons. The highest BCUT2D eigenvalue weighted by Crippen LogP contribution is 2.15. The summed E-state index contributed by atoms with van der Waals surface area (Å²) in [6, 6.07) is 1.82. The molecule has 0 saturated heterocycles. The third-order valence-corrected chi connectivity index (χ3v) is 2.72. The van der Waals surface area contributed by atoms with Gasteiger partial charge in [0.25, 0.3) is 0 Å². The summed E-state index contributed by atoms with van der Waals surface area (Å²) in [5.41, 5.74) is 0.862. The minimum Gasteiger partial charge on any atom is -0.478 e. The minimum atomic E-state index is -0.199. The molecule has 1 aromatic heterocycles. The van der Waals surface area contributed by atoms with Crippen LogP contribution in [0.5, 0.6) is 5.88 Å². The Bertz CT molecular complexity index is 438. The molecule has 1 heterocycles. The van der Waals surface area contributed by atoms with Crippen molar-refractivity contribution in [3.8, 4) is 5.88 Å². The van der Waals surface area contributed by atoms with Crippen LogP contribution in [-0.2, 0) is 9.53 Å². The fourth-order valence-corrected chi connectivity index (χ4v) is 1.64. The molecule has 0 fully saturated rings. The Balaban J connectivity index is 2.60. The van der Waals surface area contributed by atoms with Crippen molar-refractivity contribution >= 4 is 11.9 Å². The van der Waals surface area contributed by atoms with Crippen LogP contribution in [0.15, 0.2) is 6.07 Å². The van der Waals surface area contributed by atoms with Gasteiger partial charge in [-0.2, -0.15) is 4.98 Å². The van der Waals surface area contributed by atoms with Crippen molar-refractivity contribution in [1.29, 1.82) is 0 Å². The van der Waals surface area contributed by atoms with E-state index < -0.39 is 0 Å². The van der Waals surface area contributed by atoms with Crippen molar-refractivity contribution in [1.82, 2.24) is 9.97 Å². The van der Waals surface area contributed by atoms with Crippen LogP contribution in [-0.4, -0.2) is 43.2 Å². The highest BCUT2D eigenvalue weighted by Gasteiger charge is 2.09. The Morgan fingerprint density at radius 1 is 1.40 bits per heavy atom. The van der Waals surface area contributed by atoms with E-state index in [1.165, 1.54) is 7.11 Å². The molecule has 0 N–H and O–H groups in total. The Kier molecular flexibility index (Phi) is 6.76. The zero-order chi connectivity index (χ0) is 15.0. The Morgan fingerprint density at radius 2 is 2.15 bits per heavy atom. The van der Waals surface area contributed by atoms with Gasteiger partial charge in [0.2, 0.25) is 11.8 Å². The molecule has 0 aromatic carbocycles. The van der Waals surface area contributed by atoms with E-state index in [2.05, 4.69) is 14.7 Å². The van der Waals surface area contributed by atoms with E-state index in [0.717, 1.165) is 12.1 Å². The van der Waals surface area contributed by atoms with E-state index in [1.807, 2.05) is 31.9 Å². The number of carbonyl (C=O) groups is 1. The van der Waals surface area contributed by atoms with E-state index in [0.29, 0.717) is 37.8 Å². The molecule has 20 heavy (non-hydrogen) atoms. The summed E-state index contributed by atoms with van der Waals surface area (Å²) in [7, 11) is 3.29. The van der Waals surface area contributed by atoms with Gasteiger partial charge in [-0.15, -0.1) is 0 Å². The normalized spacial score (nSPS) is 10.2. The topological polar surface area (TPSA) is 64.5 Å². The molecule has 0 spiro atoms. The quantitative estimate of drug-likeness (QED) is 0.679. The molecular weight excluding hydrogens is 258 g/mol. The van der Waals surface area contributed by atoms with Crippen LogP contribution in [0.3, 0.4) is 0 Å². The average molecular weight is 281 g/mol. The molecule has 1 rings (SSSR count). The molecule has 6 nitrogen and oxygen atoms in total. The van der Waals surface area contributed by atoms with Crippen molar-refractivity contribution in [3.63, 3.8) is 0 Å². The SMILES string of the molecule is CCCOc1cc(C)nc(N(C)CCCC(=O)OC)n1. The van der Waals surface area contributed by atoms with E-state index in [1.54, 1.807) is 0 Å². The highest BCUT2D eigenvalue weighted by molar-refractivity contribution is 5.69. The zero-order valence-electron chi connectivity index (χ0n) is 12.7. The van der Waals surface area contributed by atoms with E-state index in [-0.39, 0.29) is 5.97 Å². The minimum absolute atomic E-state index is 0.199. The number of hydrogen-bond donors (Lipinski definition) is 0. The molecule has 0 unspecified atom stereocenters. The summed E-state index contributed by atoms with van der Waals surface area (Å²) in [6.45, 7) is 5.29. The number of esters is 1. The first-order valence-electron chi connectivity index (χ1n) is 6.83. The van der Waals surface area contributed by atoms with Crippen molar-refractivity contribution < 1.29 is 14.3 Å². The van der Waals surface area contributed by atoms with Gasteiger partial charge in [0.1, 0.15) is 0 Å². The number of ether oxygens (including phenoxy) is 2. The monoisotopic (exact) mass is 281 g/mol. The van der Waals surface area contributed by atoms with Gasteiger partial charge in [-0.3, -0.25) is 4.79 Å². The summed E-state index contributed by atoms with van der Waals surface area (Å²) < 4.78 is 10.1. The number of methoxy groups -OCH3 is 1. The lowest BCUT2D eigenvalue weighted by molar-refractivity contribution is -0.140. The molecule has 112 valence electrons. The summed E-state index contributed by atoms with van der Waals surface area (Å²) in [5.74, 6) is 1.01. The van der Waals surface area contributed by atoms with E-state index in [4.69, 9.17) is 4.74 Å². The average Bonchev–Trinajstić information content (AvgIpc) is 2.44. The summed E-state index contributed by atoms with van der Waals surface area (Å²) in [5, 5.41) is 0. The maximum Gasteiger partial charge on any atom is 0.305 e. The Morgan fingerprint density at radius 3 is 2.80 bits per heavy atom. The summed E-state index contributed by atoms with van der Waals surface area (Å²) in [4.78, 5) is 21.7. The van der Waals surface area contributed by atoms with Crippen molar-refractivity contribution in [2.75, 3.05) is 32.2 Å². The van der Waals surface area contributed by atoms with Crippen molar-refractivity contribution in [3.05, 3.63) is 11.8 Å². The molecule has 0 aliphatic heterocycles. The first-order valence-corrected chi connectivity index (χ1v) is 6.83. The van der Waals surface area contributed by atoms with Crippen LogP contribution >= 0.6 is 0 Å². The standard InChI is InChI=1S/C14H23N3O3/c1-5-9-20-12-10-11(2)15-14(16-12)17(3)8-6-7-13(18)19-4/h10H,5-9H2,1-4H3. The number of nitrogens with zero attached hydrogens (tertiary/aromatic N) is 3. The van der Waals surface area contributed by atoms with Gasteiger partial charge in [0.05, 0.1) is 13.7 Å². The lowest BCUT2D eigenvalue weighted by atomic mass is 10.3. The van der Waals surface area contributed by atoms with Gasteiger partial charge in [-0.1, -0.05) is 6.92 Å². The van der Waals surface area contributed by atoms with Crippen LogP contribution in [0, 0.1) is 6.92 Å². The predicted octanol–water partition coefficient (Wildman–Crippen LogP) is 1.96. The second-order valence-corrected chi connectivity index (χ2v) is 4.60. The number of anilines is 1. The first kappa shape index (κ1) is 16.2.